The lowest BCUT2D eigenvalue weighted by Crippen LogP contribution is -2.34. The van der Waals surface area contributed by atoms with E-state index >= 15 is 0 Å². The van der Waals surface area contributed by atoms with Crippen LogP contribution in [0.3, 0.4) is 0 Å². The van der Waals surface area contributed by atoms with E-state index in [1.165, 1.54) is 0 Å². The van der Waals surface area contributed by atoms with Gasteiger partial charge in [-0.15, -0.1) is 0 Å². The van der Waals surface area contributed by atoms with Crippen molar-refractivity contribution in [2.24, 2.45) is 0 Å². The molecule has 0 spiro atoms. The van der Waals surface area contributed by atoms with Crippen LogP contribution in [0.4, 0.5) is 0 Å². The third-order valence-electron chi connectivity index (χ3n) is 1.92. The molecule has 0 aliphatic heterocycles. The number of amides is 1. The molecule has 0 saturated heterocycles. The predicted octanol–water partition coefficient (Wildman–Crippen LogP) is 0.715. The van der Waals surface area contributed by atoms with Crippen molar-refractivity contribution in [2.75, 3.05) is 20.8 Å². The van der Waals surface area contributed by atoms with E-state index in [1.54, 1.807) is 26.3 Å². The number of nitrogens with one attached hydrogen (secondary N) is 2. The van der Waals surface area contributed by atoms with Crippen LogP contribution in [-0.2, 0) is 4.79 Å². The lowest BCUT2D eigenvalue weighted by atomic mass is 10.3. The second kappa shape index (κ2) is 6.68. The normalized spacial score (nSPS) is 9.62. The molecule has 0 atom stereocenters. The summed E-state index contributed by atoms with van der Waals surface area (Å²) < 4.78 is 10.4. The summed E-state index contributed by atoms with van der Waals surface area (Å²) in [6.45, 7) is 0.347. The van der Waals surface area contributed by atoms with E-state index in [-0.39, 0.29) is 5.91 Å². The molecule has 0 unspecified atom stereocenters. The fourth-order valence-corrected chi connectivity index (χ4v) is 1.14. The predicted molar refractivity (Wildman–Crippen MR) is 60.3 cm³/mol. The molecule has 0 fully saturated rings. The summed E-state index contributed by atoms with van der Waals surface area (Å²) in [4.78, 5) is 11.1. The standard InChI is InChI=1S/C11H16N2O3/c1-12-13-11(14)7-8-16-10-5-3-9(15-2)4-6-10/h3-6,12H,7-8H2,1-2H3,(H,13,14). The van der Waals surface area contributed by atoms with Crippen molar-refractivity contribution in [3.05, 3.63) is 24.3 Å². The van der Waals surface area contributed by atoms with Gasteiger partial charge in [0, 0.05) is 7.05 Å². The molecule has 0 heterocycles. The zero-order chi connectivity index (χ0) is 11.8. The average Bonchev–Trinajstić information content (AvgIpc) is 2.30. The van der Waals surface area contributed by atoms with Crippen molar-refractivity contribution in [1.82, 2.24) is 10.9 Å². The van der Waals surface area contributed by atoms with Gasteiger partial charge in [-0.3, -0.25) is 10.2 Å². The van der Waals surface area contributed by atoms with Gasteiger partial charge in [0.15, 0.2) is 0 Å². The van der Waals surface area contributed by atoms with Gasteiger partial charge in [0.25, 0.3) is 0 Å². The minimum atomic E-state index is -0.101. The molecule has 1 rings (SSSR count). The molecule has 2 N–H and O–H groups in total. The Morgan fingerprint density at radius 1 is 1.25 bits per heavy atom. The molecule has 1 aromatic carbocycles. The van der Waals surface area contributed by atoms with Gasteiger partial charge < -0.3 is 9.47 Å². The fourth-order valence-electron chi connectivity index (χ4n) is 1.14. The number of hydrogen-bond acceptors (Lipinski definition) is 4. The molecular weight excluding hydrogens is 208 g/mol. The van der Waals surface area contributed by atoms with Crippen LogP contribution in [0, 0.1) is 0 Å². The summed E-state index contributed by atoms with van der Waals surface area (Å²) in [6.07, 6.45) is 0.312. The zero-order valence-electron chi connectivity index (χ0n) is 9.45. The first-order chi connectivity index (χ1) is 7.76. The molecule has 1 amide bonds. The number of carbonyl (C=O) groups excluding carboxylic acids is 1. The molecule has 5 nitrogen and oxygen atoms in total. The Balaban J connectivity index is 2.29. The quantitative estimate of drug-likeness (QED) is 0.699. The maximum absolute atomic E-state index is 11.1. The Bertz CT molecular complexity index is 325. The van der Waals surface area contributed by atoms with Gasteiger partial charge in [-0.05, 0) is 24.3 Å². The third-order valence-corrected chi connectivity index (χ3v) is 1.92. The SMILES string of the molecule is CNNC(=O)CCOc1ccc(OC)cc1. The lowest BCUT2D eigenvalue weighted by molar-refractivity contribution is -0.122. The molecule has 0 aliphatic rings. The van der Waals surface area contributed by atoms with E-state index in [1.807, 2.05) is 12.1 Å². The second-order valence-corrected chi connectivity index (χ2v) is 3.07. The van der Waals surface area contributed by atoms with Crippen LogP contribution in [0.5, 0.6) is 11.5 Å². The lowest BCUT2D eigenvalue weighted by Gasteiger charge is -2.07. The Morgan fingerprint density at radius 3 is 2.44 bits per heavy atom. The maximum Gasteiger partial charge on any atom is 0.237 e. The van der Waals surface area contributed by atoms with Gasteiger partial charge in [-0.25, -0.2) is 5.43 Å². The first-order valence-electron chi connectivity index (χ1n) is 4.98. The van der Waals surface area contributed by atoms with E-state index in [4.69, 9.17) is 9.47 Å². The average molecular weight is 224 g/mol. The Morgan fingerprint density at radius 2 is 1.88 bits per heavy atom. The van der Waals surface area contributed by atoms with Crippen LogP contribution < -0.4 is 20.3 Å². The molecule has 88 valence electrons. The van der Waals surface area contributed by atoms with Crippen LogP contribution in [-0.4, -0.2) is 26.7 Å². The van der Waals surface area contributed by atoms with E-state index in [9.17, 15) is 4.79 Å². The molecule has 0 radical (unpaired) electrons. The number of ether oxygens (including phenoxy) is 2. The van der Waals surface area contributed by atoms with Crippen molar-refractivity contribution < 1.29 is 14.3 Å². The number of benzene rings is 1. The Kier molecular flexibility index (Phi) is 5.15. The van der Waals surface area contributed by atoms with Crippen molar-refractivity contribution in [3.63, 3.8) is 0 Å². The smallest absolute Gasteiger partial charge is 0.237 e. The molecule has 0 saturated carbocycles. The number of rotatable bonds is 6. The van der Waals surface area contributed by atoms with Gasteiger partial charge in [0.05, 0.1) is 20.1 Å². The first kappa shape index (κ1) is 12.3. The first-order valence-corrected chi connectivity index (χ1v) is 4.98. The summed E-state index contributed by atoms with van der Waals surface area (Å²) in [5.74, 6) is 1.40. The van der Waals surface area contributed by atoms with Crippen LogP contribution in [0.2, 0.25) is 0 Å². The number of methoxy groups -OCH3 is 1. The van der Waals surface area contributed by atoms with E-state index in [0.29, 0.717) is 13.0 Å². The highest BCUT2D eigenvalue weighted by atomic mass is 16.5. The minimum absolute atomic E-state index is 0.101. The second-order valence-electron chi connectivity index (χ2n) is 3.07. The summed E-state index contributed by atoms with van der Waals surface area (Å²) in [6, 6.07) is 7.22. The monoisotopic (exact) mass is 224 g/mol. The number of hydrazine groups is 1. The van der Waals surface area contributed by atoms with Gasteiger partial charge in [-0.1, -0.05) is 0 Å². The Labute approximate surface area is 94.7 Å². The van der Waals surface area contributed by atoms with Crippen molar-refractivity contribution >= 4 is 5.91 Å². The van der Waals surface area contributed by atoms with E-state index in [2.05, 4.69) is 10.9 Å². The van der Waals surface area contributed by atoms with Crippen molar-refractivity contribution in [1.29, 1.82) is 0 Å². The molecule has 5 heteroatoms. The summed E-state index contributed by atoms with van der Waals surface area (Å²) in [5, 5.41) is 0. The van der Waals surface area contributed by atoms with Gasteiger partial charge in [-0.2, -0.15) is 0 Å². The van der Waals surface area contributed by atoms with Crippen LogP contribution >= 0.6 is 0 Å². The largest absolute Gasteiger partial charge is 0.497 e. The highest BCUT2D eigenvalue weighted by Crippen LogP contribution is 2.16. The van der Waals surface area contributed by atoms with E-state index < -0.39 is 0 Å². The molecular formula is C11H16N2O3. The maximum atomic E-state index is 11.1. The van der Waals surface area contributed by atoms with Gasteiger partial charge >= 0.3 is 0 Å². The molecule has 0 aliphatic carbocycles. The van der Waals surface area contributed by atoms with Crippen molar-refractivity contribution in [2.45, 2.75) is 6.42 Å². The highest BCUT2D eigenvalue weighted by Gasteiger charge is 2.00. The van der Waals surface area contributed by atoms with Gasteiger partial charge in [0.2, 0.25) is 5.91 Å². The van der Waals surface area contributed by atoms with Crippen LogP contribution in [0.15, 0.2) is 24.3 Å². The zero-order valence-corrected chi connectivity index (χ0v) is 9.45. The third kappa shape index (κ3) is 4.18. The van der Waals surface area contributed by atoms with Crippen LogP contribution in [0.25, 0.3) is 0 Å². The Hall–Kier alpha value is -1.75. The topological polar surface area (TPSA) is 59.6 Å². The summed E-state index contributed by atoms with van der Waals surface area (Å²) in [7, 11) is 3.25. The summed E-state index contributed by atoms with van der Waals surface area (Å²) in [5.41, 5.74) is 5.02. The van der Waals surface area contributed by atoms with Crippen molar-refractivity contribution in [3.8, 4) is 11.5 Å². The van der Waals surface area contributed by atoms with E-state index in [0.717, 1.165) is 11.5 Å². The highest BCUT2D eigenvalue weighted by molar-refractivity contribution is 5.75. The van der Waals surface area contributed by atoms with Gasteiger partial charge in [0.1, 0.15) is 11.5 Å². The number of carbonyl (C=O) groups is 1. The van der Waals surface area contributed by atoms with Crippen LogP contribution in [0.1, 0.15) is 6.42 Å². The molecule has 1 aromatic rings. The molecule has 16 heavy (non-hydrogen) atoms. The minimum Gasteiger partial charge on any atom is -0.497 e. The molecule has 0 bridgehead atoms. The molecule has 0 aromatic heterocycles. The summed E-state index contributed by atoms with van der Waals surface area (Å²) >= 11 is 0. The fraction of sp³-hybridized carbons (Fsp3) is 0.364. The number of hydrogen-bond donors (Lipinski definition) is 2.